The molecule has 0 saturated heterocycles. The molecule has 0 saturated carbocycles. The zero-order valence-electron chi connectivity index (χ0n) is 33.7. The van der Waals surface area contributed by atoms with Gasteiger partial charge >= 0.3 is 0 Å². The van der Waals surface area contributed by atoms with Gasteiger partial charge < -0.3 is 17.2 Å². The highest BCUT2D eigenvalue weighted by Crippen LogP contribution is 2.36. The first kappa shape index (κ1) is 45.3. The molecule has 0 aliphatic heterocycles. The van der Waals surface area contributed by atoms with E-state index in [0.29, 0.717) is 68.0 Å². The Bertz CT molecular complexity index is 1650. The molecule has 0 unspecified atom stereocenters. The summed E-state index contributed by atoms with van der Waals surface area (Å²) in [5.74, 6) is 1.44. The SMILES string of the molecule is CCCCC(=O)Cc1cc(C(C)(C)C)cc(CC(=O)c2cccc(C(=O)Cc3cc(C(C)(C)C)cc(CC(=O)CCCN)c3SCCN)c2)c1SCCN. The Balaban J connectivity index is 2.02. The Morgan fingerprint density at radius 2 is 0.944 bits per heavy atom. The van der Waals surface area contributed by atoms with Gasteiger partial charge in [-0.2, -0.15) is 0 Å². The lowest BCUT2D eigenvalue weighted by atomic mass is 9.83. The van der Waals surface area contributed by atoms with Crippen LogP contribution in [0.4, 0.5) is 0 Å². The zero-order valence-corrected chi connectivity index (χ0v) is 35.3. The largest absolute Gasteiger partial charge is 0.330 e. The Kier molecular flexibility index (Phi) is 17.9. The van der Waals surface area contributed by atoms with E-state index in [0.717, 1.165) is 56.0 Å². The maximum Gasteiger partial charge on any atom is 0.167 e. The Morgan fingerprint density at radius 3 is 1.30 bits per heavy atom. The molecule has 3 aromatic rings. The molecule has 0 aliphatic rings. The fourth-order valence-electron chi connectivity index (χ4n) is 6.28. The lowest BCUT2D eigenvalue weighted by Gasteiger charge is -2.24. The van der Waals surface area contributed by atoms with E-state index in [1.165, 1.54) is 0 Å². The van der Waals surface area contributed by atoms with Crippen molar-refractivity contribution in [2.75, 3.05) is 31.1 Å². The summed E-state index contributed by atoms with van der Waals surface area (Å²) in [6.45, 7) is 16.3. The van der Waals surface area contributed by atoms with Gasteiger partial charge in [-0.15, -0.1) is 23.5 Å². The molecule has 294 valence electrons. The zero-order chi connectivity index (χ0) is 40.1. The lowest BCUT2D eigenvalue weighted by Crippen LogP contribution is -2.17. The van der Waals surface area contributed by atoms with Gasteiger partial charge in [-0.05, 0) is 69.7 Å². The maximum atomic E-state index is 14.1. The molecule has 6 N–H and O–H groups in total. The van der Waals surface area contributed by atoms with Crippen molar-refractivity contribution >= 4 is 46.7 Å². The normalized spacial score (nSPS) is 11.9. The minimum Gasteiger partial charge on any atom is -0.330 e. The van der Waals surface area contributed by atoms with Crippen LogP contribution in [-0.4, -0.2) is 54.3 Å². The van der Waals surface area contributed by atoms with Gasteiger partial charge in [0.05, 0.1) is 0 Å². The first-order valence-corrected chi connectivity index (χ1v) is 21.4. The number of ketones is 4. The second kappa shape index (κ2) is 21.3. The van der Waals surface area contributed by atoms with Crippen molar-refractivity contribution < 1.29 is 19.2 Å². The highest BCUT2D eigenvalue weighted by Gasteiger charge is 2.24. The molecule has 0 radical (unpaired) electrons. The average molecular weight is 774 g/mol. The monoisotopic (exact) mass is 773 g/mol. The summed E-state index contributed by atoms with van der Waals surface area (Å²) in [6, 6.07) is 15.4. The Morgan fingerprint density at radius 1 is 0.556 bits per heavy atom. The molecule has 54 heavy (non-hydrogen) atoms. The van der Waals surface area contributed by atoms with Crippen molar-refractivity contribution in [1.82, 2.24) is 0 Å². The van der Waals surface area contributed by atoms with Crippen LogP contribution in [-0.2, 0) is 46.1 Å². The van der Waals surface area contributed by atoms with Crippen LogP contribution in [0.2, 0.25) is 0 Å². The molecule has 9 heteroatoms. The summed E-state index contributed by atoms with van der Waals surface area (Å²) < 4.78 is 0. The summed E-state index contributed by atoms with van der Waals surface area (Å²) in [6.07, 6.45) is 4.27. The average Bonchev–Trinajstić information content (AvgIpc) is 3.11. The molecule has 0 amide bonds. The van der Waals surface area contributed by atoms with Gasteiger partial charge in [-0.3, -0.25) is 19.2 Å². The number of carbonyl (C=O) groups excluding carboxylic acids is 4. The number of Topliss-reactive ketones (excluding diaryl/α,β-unsaturated/α-hetero) is 4. The second-order valence-corrected chi connectivity index (χ2v) is 18.4. The maximum absolute atomic E-state index is 14.1. The number of hydrogen-bond acceptors (Lipinski definition) is 9. The van der Waals surface area contributed by atoms with E-state index >= 15 is 0 Å². The van der Waals surface area contributed by atoms with E-state index in [1.807, 2.05) is 0 Å². The standard InChI is InChI=1S/C45H63N3O4S2/c1-8-9-14-38(49)26-32-22-36(44(2,3)4)24-34(42(32)53-19-17-47)28-40(51)30-12-10-13-31(21-30)41(52)29-35-25-37(45(5,6)7)23-33(43(35)54-20-18-48)27-39(50)15-11-16-46/h10,12-13,21-25H,8-9,11,14-20,26-29,46-48H2,1-7H3. The van der Waals surface area contributed by atoms with Gasteiger partial charge in [0.25, 0.3) is 0 Å². The van der Waals surface area contributed by atoms with Gasteiger partial charge in [0.1, 0.15) is 11.6 Å². The molecule has 0 atom stereocenters. The number of thioether (sulfide) groups is 2. The second-order valence-electron chi connectivity index (χ2n) is 16.2. The lowest BCUT2D eigenvalue weighted by molar-refractivity contribution is -0.119. The van der Waals surface area contributed by atoms with Crippen LogP contribution in [0.1, 0.15) is 135 Å². The number of hydrogen-bond donors (Lipinski definition) is 3. The van der Waals surface area contributed by atoms with Crippen LogP contribution in [0.3, 0.4) is 0 Å². The summed E-state index contributed by atoms with van der Waals surface area (Å²) in [5, 5.41) is 0. The van der Waals surface area contributed by atoms with E-state index in [1.54, 1.807) is 47.8 Å². The van der Waals surface area contributed by atoms with Crippen molar-refractivity contribution in [2.24, 2.45) is 17.2 Å². The number of rotatable bonds is 22. The molecule has 0 heterocycles. The summed E-state index contributed by atoms with van der Waals surface area (Å²) in [5.41, 5.74) is 23.8. The Hall–Kier alpha value is -3.08. The first-order chi connectivity index (χ1) is 25.5. The quantitative estimate of drug-likeness (QED) is 0.0677. The van der Waals surface area contributed by atoms with Gasteiger partial charge in [-0.1, -0.05) is 97.4 Å². The van der Waals surface area contributed by atoms with Crippen LogP contribution in [0, 0.1) is 0 Å². The molecule has 0 spiro atoms. The highest BCUT2D eigenvalue weighted by atomic mass is 32.2. The van der Waals surface area contributed by atoms with E-state index in [2.05, 4.69) is 72.7 Å². The molecule has 0 aromatic heterocycles. The molecule has 0 bridgehead atoms. The molecule has 3 rings (SSSR count). The van der Waals surface area contributed by atoms with Crippen molar-refractivity contribution in [3.05, 3.63) is 93.0 Å². The van der Waals surface area contributed by atoms with Crippen LogP contribution in [0.5, 0.6) is 0 Å². The third-order valence-corrected chi connectivity index (χ3v) is 11.9. The number of nitrogens with two attached hydrogens (primary N) is 3. The fourth-order valence-corrected chi connectivity index (χ4v) is 8.19. The van der Waals surface area contributed by atoms with Gasteiger partial charge in [0, 0.05) is 84.0 Å². The van der Waals surface area contributed by atoms with Gasteiger partial charge in [-0.25, -0.2) is 0 Å². The van der Waals surface area contributed by atoms with Crippen LogP contribution < -0.4 is 17.2 Å². The topological polar surface area (TPSA) is 146 Å². The van der Waals surface area contributed by atoms with Crippen molar-refractivity contribution in [3.8, 4) is 0 Å². The van der Waals surface area contributed by atoms with Gasteiger partial charge in [0.15, 0.2) is 11.6 Å². The summed E-state index contributed by atoms with van der Waals surface area (Å²) in [4.78, 5) is 56.1. The number of unbranched alkanes of at least 4 members (excludes halogenated alkanes) is 1. The first-order valence-electron chi connectivity index (χ1n) is 19.4. The van der Waals surface area contributed by atoms with E-state index in [-0.39, 0.29) is 53.2 Å². The fraction of sp³-hybridized carbons (Fsp3) is 0.511. The molecular formula is C45H63N3O4S2. The predicted octanol–water partition coefficient (Wildman–Crippen LogP) is 8.39. The molecule has 0 fully saturated rings. The number of carbonyl (C=O) groups is 4. The summed E-state index contributed by atoms with van der Waals surface area (Å²) in [7, 11) is 0. The molecule has 7 nitrogen and oxygen atoms in total. The summed E-state index contributed by atoms with van der Waals surface area (Å²) >= 11 is 3.19. The number of benzene rings is 3. The van der Waals surface area contributed by atoms with E-state index in [4.69, 9.17) is 17.2 Å². The minimum atomic E-state index is -0.204. The minimum absolute atomic E-state index is 0.0965. The van der Waals surface area contributed by atoms with Crippen molar-refractivity contribution in [2.45, 2.75) is 127 Å². The van der Waals surface area contributed by atoms with Crippen molar-refractivity contribution in [3.63, 3.8) is 0 Å². The molecule has 0 aliphatic carbocycles. The van der Waals surface area contributed by atoms with Crippen molar-refractivity contribution in [1.29, 1.82) is 0 Å². The van der Waals surface area contributed by atoms with E-state index in [9.17, 15) is 19.2 Å². The molecule has 3 aromatic carbocycles. The molecular weight excluding hydrogens is 711 g/mol. The third kappa shape index (κ3) is 13.6. The van der Waals surface area contributed by atoms with Crippen LogP contribution in [0.15, 0.2) is 58.3 Å². The van der Waals surface area contributed by atoms with Crippen LogP contribution in [0.25, 0.3) is 0 Å². The van der Waals surface area contributed by atoms with E-state index < -0.39 is 0 Å². The third-order valence-electron chi connectivity index (χ3n) is 9.40. The Labute approximate surface area is 332 Å². The predicted molar refractivity (Wildman–Crippen MR) is 228 cm³/mol. The van der Waals surface area contributed by atoms with Crippen LogP contribution >= 0.6 is 23.5 Å². The van der Waals surface area contributed by atoms with Gasteiger partial charge in [0.2, 0.25) is 0 Å². The smallest absolute Gasteiger partial charge is 0.167 e. The highest BCUT2D eigenvalue weighted by molar-refractivity contribution is 7.99.